The summed E-state index contributed by atoms with van der Waals surface area (Å²) in [6.45, 7) is 5.46. The molecule has 2 aromatic heterocycles. The molecule has 0 aromatic carbocycles. The Morgan fingerprint density at radius 1 is 1.52 bits per heavy atom. The summed E-state index contributed by atoms with van der Waals surface area (Å²) in [6.07, 6.45) is 4.02. The third-order valence-electron chi connectivity index (χ3n) is 4.49. The number of thiazole rings is 1. The van der Waals surface area contributed by atoms with Crippen molar-refractivity contribution in [2.24, 2.45) is 0 Å². The van der Waals surface area contributed by atoms with Gasteiger partial charge in [-0.3, -0.25) is 4.90 Å². The second-order valence-electron chi connectivity index (χ2n) is 5.84. The standard InChI is InChI=1S/C14H18N4O2S/c1-10-16-13(20-17-10)14-3-6-19-11(14)2-5-18(9-14)8-12-15-4-7-21-12/h4,7,11H,2-3,5-6,8-9H2,1H3/t11-,14-/m1/s1. The van der Waals surface area contributed by atoms with E-state index in [0.29, 0.717) is 5.82 Å². The maximum atomic E-state index is 5.94. The third-order valence-corrected chi connectivity index (χ3v) is 5.26. The Bertz CT molecular complexity index is 614. The summed E-state index contributed by atoms with van der Waals surface area (Å²) in [6, 6.07) is 0. The average Bonchev–Trinajstić information content (AvgIpc) is 3.18. The van der Waals surface area contributed by atoms with Crippen LogP contribution in [0, 0.1) is 6.92 Å². The number of hydrogen-bond donors (Lipinski definition) is 0. The van der Waals surface area contributed by atoms with Gasteiger partial charge in [0.1, 0.15) is 5.01 Å². The minimum absolute atomic E-state index is 0.142. The van der Waals surface area contributed by atoms with Gasteiger partial charge in [-0.25, -0.2) is 4.98 Å². The number of ether oxygens (including phenoxy) is 1. The molecule has 2 saturated heterocycles. The number of hydrogen-bond acceptors (Lipinski definition) is 7. The maximum Gasteiger partial charge on any atom is 0.236 e. The summed E-state index contributed by atoms with van der Waals surface area (Å²) in [4.78, 5) is 11.3. The number of fused-ring (bicyclic) bond motifs is 1. The van der Waals surface area contributed by atoms with Crippen LogP contribution in [0.5, 0.6) is 0 Å². The number of piperidine rings is 1. The Hall–Kier alpha value is -1.31. The zero-order chi connectivity index (χ0) is 14.3. The third kappa shape index (κ3) is 2.29. The number of rotatable bonds is 3. The Balaban J connectivity index is 1.60. The van der Waals surface area contributed by atoms with Crippen LogP contribution >= 0.6 is 11.3 Å². The maximum absolute atomic E-state index is 5.94. The normalized spacial score (nSPS) is 29.7. The number of aromatic nitrogens is 3. The van der Waals surface area contributed by atoms with E-state index >= 15 is 0 Å². The van der Waals surface area contributed by atoms with E-state index in [9.17, 15) is 0 Å². The van der Waals surface area contributed by atoms with Crippen LogP contribution < -0.4 is 0 Å². The molecule has 0 N–H and O–H groups in total. The van der Waals surface area contributed by atoms with Crippen LogP contribution in [-0.4, -0.2) is 45.8 Å². The van der Waals surface area contributed by atoms with Gasteiger partial charge in [0.05, 0.1) is 18.1 Å². The fourth-order valence-corrected chi connectivity index (χ4v) is 4.15. The van der Waals surface area contributed by atoms with E-state index in [2.05, 4.69) is 20.0 Å². The van der Waals surface area contributed by atoms with Crippen LogP contribution in [0.1, 0.15) is 29.6 Å². The average molecular weight is 306 g/mol. The van der Waals surface area contributed by atoms with Crippen molar-refractivity contribution in [1.82, 2.24) is 20.0 Å². The SMILES string of the molecule is Cc1noc([C@@]23CCO[C@@H]2CCN(Cc2nccs2)C3)n1. The van der Waals surface area contributed by atoms with Crippen LogP contribution in [0.3, 0.4) is 0 Å². The Kier molecular flexibility index (Phi) is 3.28. The van der Waals surface area contributed by atoms with E-state index in [-0.39, 0.29) is 11.5 Å². The molecule has 7 heteroatoms. The van der Waals surface area contributed by atoms with Gasteiger partial charge in [0.25, 0.3) is 0 Å². The molecule has 2 aliphatic rings. The van der Waals surface area contributed by atoms with Gasteiger partial charge in [0.15, 0.2) is 5.82 Å². The quantitative estimate of drug-likeness (QED) is 0.861. The second-order valence-corrected chi connectivity index (χ2v) is 6.82. The molecule has 0 aliphatic carbocycles. The molecule has 0 amide bonds. The molecule has 2 fully saturated rings. The fourth-order valence-electron chi connectivity index (χ4n) is 3.49. The first-order chi connectivity index (χ1) is 10.3. The van der Waals surface area contributed by atoms with Gasteiger partial charge >= 0.3 is 0 Å². The molecular formula is C14H18N4O2S. The van der Waals surface area contributed by atoms with Gasteiger partial charge in [-0.2, -0.15) is 4.98 Å². The van der Waals surface area contributed by atoms with Crippen molar-refractivity contribution in [3.05, 3.63) is 28.3 Å². The predicted molar refractivity (Wildman–Crippen MR) is 77.1 cm³/mol. The van der Waals surface area contributed by atoms with E-state index in [1.54, 1.807) is 11.3 Å². The Labute approximate surface area is 127 Å². The lowest BCUT2D eigenvalue weighted by Gasteiger charge is -2.40. The monoisotopic (exact) mass is 306 g/mol. The molecule has 0 spiro atoms. The molecule has 4 rings (SSSR count). The van der Waals surface area contributed by atoms with E-state index in [1.807, 2.05) is 18.5 Å². The Morgan fingerprint density at radius 2 is 2.48 bits per heavy atom. The smallest absolute Gasteiger partial charge is 0.236 e. The Morgan fingerprint density at radius 3 is 3.24 bits per heavy atom. The number of likely N-dealkylation sites (tertiary alicyclic amines) is 1. The van der Waals surface area contributed by atoms with Crippen LogP contribution in [0.4, 0.5) is 0 Å². The van der Waals surface area contributed by atoms with Crippen LogP contribution in [0.15, 0.2) is 16.1 Å². The van der Waals surface area contributed by atoms with Gasteiger partial charge in [0.2, 0.25) is 5.89 Å². The largest absolute Gasteiger partial charge is 0.377 e. The lowest BCUT2D eigenvalue weighted by Crippen LogP contribution is -2.52. The first-order valence-electron chi connectivity index (χ1n) is 7.29. The molecule has 2 aromatic rings. The summed E-state index contributed by atoms with van der Waals surface area (Å²) in [5, 5.41) is 7.16. The van der Waals surface area contributed by atoms with Crippen molar-refractivity contribution in [1.29, 1.82) is 0 Å². The molecule has 112 valence electrons. The van der Waals surface area contributed by atoms with Crippen molar-refractivity contribution < 1.29 is 9.26 Å². The molecule has 0 radical (unpaired) electrons. The van der Waals surface area contributed by atoms with Gasteiger partial charge in [-0.05, 0) is 19.8 Å². The molecule has 0 bridgehead atoms. The molecule has 6 nitrogen and oxygen atoms in total. The summed E-state index contributed by atoms with van der Waals surface area (Å²) >= 11 is 1.71. The minimum Gasteiger partial charge on any atom is -0.377 e. The van der Waals surface area contributed by atoms with Gasteiger partial charge in [0, 0.05) is 31.3 Å². The number of nitrogens with zero attached hydrogens (tertiary/aromatic N) is 4. The van der Waals surface area contributed by atoms with E-state index < -0.39 is 0 Å². The van der Waals surface area contributed by atoms with Gasteiger partial charge in [-0.15, -0.1) is 11.3 Å². The zero-order valence-corrected chi connectivity index (χ0v) is 12.8. The highest BCUT2D eigenvalue weighted by Crippen LogP contribution is 2.43. The first kappa shape index (κ1) is 13.4. The van der Waals surface area contributed by atoms with Gasteiger partial charge in [-0.1, -0.05) is 5.16 Å². The van der Waals surface area contributed by atoms with Crippen molar-refractivity contribution in [2.75, 3.05) is 19.7 Å². The van der Waals surface area contributed by atoms with Crippen molar-refractivity contribution >= 4 is 11.3 Å². The van der Waals surface area contributed by atoms with Crippen LogP contribution in [-0.2, 0) is 16.7 Å². The zero-order valence-electron chi connectivity index (χ0n) is 12.0. The summed E-state index contributed by atoms with van der Waals surface area (Å²) in [5.41, 5.74) is -0.142. The lowest BCUT2D eigenvalue weighted by atomic mass is 9.76. The van der Waals surface area contributed by atoms with Crippen molar-refractivity contribution in [3.8, 4) is 0 Å². The second kappa shape index (κ2) is 5.15. The summed E-state index contributed by atoms with van der Waals surface area (Å²) in [7, 11) is 0. The van der Waals surface area contributed by atoms with E-state index in [4.69, 9.17) is 9.26 Å². The van der Waals surface area contributed by atoms with Crippen molar-refractivity contribution in [3.63, 3.8) is 0 Å². The highest BCUT2D eigenvalue weighted by Gasteiger charge is 2.52. The topological polar surface area (TPSA) is 64.3 Å². The predicted octanol–water partition coefficient (Wildman–Crippen LogP) is 1.77. The molecule has 2 atom stereocenters. The highest BCUT2D eigenvalue weighted by molar-refractivity contribution is 7.09. The van der Waals surface area contributed by atoms with E-state index in [1.165, 1.54) is 0 Å². The van der Waals surface area contributed by atoms with E-state index in [0.717, 1.165) is 50.0 Å². The van der Waals surface area contributed by atoms with Crippen LogP contribution in [0.25, 0.3) is 0 Å². The molecule has 4 heterocycles. The first-order valence-corrected chi connectivity index (χ1v) is 8.17. The molecule has 0 unspecified atom stereocenters. The fraction of sp³-hybridized carbons (Fsp3) is 0.643. The molecule has 2 aliphatic heterocycles. The molecular weight excluding hydrogens is 288 g/mol. The van der Waals surface area contributed by atoms with Crippen LogP contribution in [0.2, 0.25) is 0 Å². The molecule has 0 saturated carbocycles. The summed E-state index contributed by atoms with van der Waals surface area (Å²) in [5.74, 6) is 1.44. The highest BCUT2D eigenvalue weighted by atomic mass is 32.1. The minimum atomic E-state index is -0.142. The van der Waals surface area contributed by atoms with Gasteiger partial charge < -0.3 is 9.26 Å². The number of aryl methyl sites for hydroxylation is 1. The molecule has 21 heavy (non-hydrogen) atoms. The summed E-state index contributed by atoms with van der Waals surface area (Å²) < 4.78 is 11.5. The lowest BCUT2D eigenvalue weighted by molar-refractivity contribution is 0.00412. The van der Waals surface area contributed by atoms with Crippen molar-refractivity contribution in [2.45, 2.75) is 37.8 Å².